The van der Waals surface area contributed by atoms with E-state index in [1.54, 1.807) is 27.6 Å². The number of methoxy groups -OCH3 is 2. The summed E-state index contributed by atoms with van der Waals surface area (Å²) in [7, 11) is 2.58. The Hall–Kier alpha value is -6.52. The molecular weight excluding hydrogens is 837 g/mol. The molecule has 4 N–H and O–H groups in total. The molecule has 4 atom stereocenters. The van der Waals surface area contributed by atoms with E-state index in [2.05, 4.69) is 67.8 Å². The number of imidazole rings is 2. The summed E-state index contributed by atoms with van der Waals surface area (Å²) in [5.41, 5.74) is 8.80. The maximum absolute atomic E-state index is 14.0. The average Bonchev–Trinajstić information content (AvgIpc) is 4.17. The van der Waals surface area contributed by atoms with E-state index in [1.165, 1.54) is 29.2 Å². The van der Waals surface area contributed by atoms with Gasteiger partial charge in [-0.2, -0.15) is 0 Å². The fraction of sp³-hybridized carbons (Fsp3) is 0.319. The fourth-order valence-electron chi connectivity index (χ4n) is 8.84. The molecule has 14 nitrogen and oxygen atoms in total. The van der Waals surface area contributed by atoms with Crippen molar-refractivity contribution in [1.82, 2.24) is 40.4 Å². The van der Waals surface area contributed by atoms with Gasteiger partial charge in [0.05, 0.1) is 58.6 Å². The second-order valence-electron chi connectivity index (χ2n) is 16.3. The zero-order valence-corrected chi connectivity index (χ0v) is 37.0. The highest BCUT2D eigenvalue weighted by Gasteiger charge is 2.39. The van der Waals surface area contributed by atoms with Crippen molar-refractivity contribution >= 4 is 67.1 Å². The van der Waals surface area contributed by atoms with Crippen LogP contribution >= 0.6 is 22.7 Å². The van der Waals surface area contributed by atoms with Crippen LogP contribution in [-0.4, -0.2) is 87.1 Å². The van der Waals surface area contributed by atoms with E-state index >= 15 is 0 Å². The van der Waals surface area contributed by atoms with Crippen molar-refractivity contribution in [2.24, 2.45) is 5.92 Å². The molecule has 324 valence electrons. The van der Waals surface area contributed by atoms with Gasteiger partial charge in [0.2, 0.25) is 5.91 Å². The number of nitrogens with zero attached hydrogens (tertiary/aromatic N) is 4. The lowest BCUT2D eigenvalue weighted by Crippen LogP contribution is -2.51. The van der Waals surface area contributed by atoms with Crippen LogP contribution in [0, 0.1) is 5.92 Å². The average molecular weight is 885 g/mol. The lowest BCUT2D eigenvalue weighted by Gasteiger charge is -2.29. The number of carbonyl (C=O) groups is 4. The van der Waals surface area contributed by atoms with Gasteiger partial charge in [0.25, 0.3) is 5.91 Å². The number of ether oxygens (including phenoxy) is 2. The third-order valence-corrected chi connectivity index (χ3v) is 14.3. The second-order valence-corrected chi connectivity index (χ2v) is 18.0. The number of hydrogen-bond acceptors (Lipinski definition) is 10. The molecule has 4 aromatic heterocycles. The number of thiophene rings is 2. The Labute approximate surface area is 372 Å². The number of H-pyrrole nitrogens is 2. The van der Waals surface area contributed by atoms with Crippen molar-refractivity contribution in [3.63, 3.8) is 0 Å². The maximum atomic E-state index is 14.0. The first-order valence-corrected chi connectivity index (χ1v) is 22.9. The molecule has 9 rings (SSSR count). The van der Waals surface area contributed by atoms with Crippen molar-refractivity contribution in [3.8, 4) is 33.5 Å². The van der Waals surface area contributed by atoms with E-state index < -0.39 is 24.3 Å². The molecule has 0 radical (unpaired) electrons. The van der Waals surface area contributed by atoms with Crippen LogP contribution in [0.5, 0.6) is 0 Å². The highest BCUT2D eigenvalue weighted by molar-refractivity contribution is 7.27. The number of rotatable bonds is 11. The van der Waals surface area contributed by atoms with Crippen molar-refractivity contribution < 1.29 is 28.7 Å². The first kappa shape index (κ1) is 41.8. The van der Waals surface area contributed by atoms with Crippen LogP contribution < -0.4 is 10.6 Å². The topological polar surface area (TPSA) is 175 Å². The predicted octanol–water partition coefficient (Wildman–Crippen LogP) is 9.37. The van der Waals surface area contributed by atoms with E-state index in [-0.39, 0.29) is 29.8 Å². The molecular formula is C47H48N8O6S2. The van der Waals surface area contributed by atoms with E-state index in [0.29, 0.717) is 24.5 Å². The predicted molar refractivity (Wildman–Crippen MR) is 244 cm³/mol. The van der Waals surface area contributed by atoms with Crippen LogP contribution in [0.3, 0.4) is 0 Å². The molecule has 0 aliphatic carbocycles. The number of amides is 4. The van der Waals surface area contributed by atoms with Crippen LogP contribution in [-0.2, 0) is 19.1 Å². The SMILES string of the molecule is COC(=O)NC(C(=O)N1CCC[C@H]1c1nc2ccc(-c3csc4c(-c5ccc(-c6cnc([C@@H]7CCCN7C(=O)[C@H](NC(=O)OC)c7ccccc7)[nH]6)cc5)csc34)cc2[nH]1)C(C)C. The molecule has 2 saturated heterocycles. The number of likely N-dealkylation sites (tertiary alicyclic amines) is 2. The Morgan fingerprint density at radius 2 is 1.33 bits per heavy atom. The summed E-state index contributed by atoms with van der Waals surface area (Å²) in [5, 5.41) is 9.88. The minimum atomic E-state index is -0.880. The Bertz CT molecular complexity index is 2790. The molecule has 1 unspecified atom stereocenters. The molecule has 16 heteroatoms. The number of benzene rings is 3. The zero-order chi connectivity index (χ0) is 43.8. The van der Waals surface area contributed by atoms with Gasteiger partial charge in [-0.1, -0.05) is 74.5 Å². The van der Waals surface area contributed by atoms with Crippen molar-refractivity contribution in [3.05, 3.63) is 107 Å². The van der Waals surface area contributed by atoms with Crippen LogP contribution in [0.2, 0.25) is 0 Å². The van der Waals surface area contributed by atoms with Gasteiger partial charge in [-0.05, 0) is 66.0 Å². The lowest BCUT2D eigenvalue weighted by atomic mass is 10.0. The van der Waals surface area contributed by atoms with Crippen molar-refractivity contribution in [2.75, 3.05) is 27.3 Å². The first-order chi connectivity index (χ1) is 30.6. The fourth-order valence-corrected chi connectivity index (χ4v) is 11.3. The summed E-state index contributed by atoms with van der Waals surface area (Å²) >= 11 is 3.46. The van der Waals surface area contributed by atoms with E-state index in [4.69, 9.17) is 19.4 Å². The van der Waals surface area contributed by atoms with Crippen molar-refractivity contribution in [2.45, 2.75) is 63.7 Å². The number of nitrogens with one attached hydrogen (secondary N) is 4. The highest BCUT2D eigenvalue weighted by atomic mass is 32.1. The van der Waals surface area contributed by atoms with Gasteiger partial charge in [-0.15, -0.1) is 22.7 Å². The van der Waals surface area contributed by atoms with Crippen molar-refractivity contribution in [1.29, 1.82) is 0 Å². The molecule has 7 aromatic rings. The quantitative estimate of drug-likeness (QED) is 0.0994. The number of fused-ring (bicyclic) bond motifs is 2. The van der Waals surface area contributed by atoms with Gasteiger partial charge >= 0.3 is 12.2 Å². The summed E-state index contributed by atoms with van der Waals surface area (Å²) in [5.74, 6) is 1.00. The third-order valence-electron chi connectivity index (χ3n) is 12.1. The molecule has 63 heavy (non-hydrogen) atoms. The Balaban J connectivity index is 0.905. The van der Waals surface area contributed by atoms with Gasteiger partial charge in [-0.25, -0.2) is 19.6 Å². The standard InChI is InChI=1S/C47H48N8O6S2/c1-26(2)38(52-46(58)60-3)44(56)55-21-9-13-37(55)43-49-33-19-18-30(22-34(33)50-43)32-25-63-40-31(24-62-41(32)40)27-14-16-28(17-15-27)35-23-48-42(51-35)36-12-8-20-54(36)45(57)39(53-47(59)61-4)29-10-6-5-7-11-29/h5-7,10-11,14-19,22-26,36-39H,8-9,12-13,20-21H2,1-4H3,(H,48,51)(H,49,50)(H,52,58)(H,53,59)/t36-,37-,38?,39+/m0/s1. The lowest BCUT2D eigenvalue weighted by molar-refractivity contribution is -0.135. The van der Waals surface area contributed by atoms with Gasteiger partial charge < -0.3 is 39.9 Å². The molecule has 2 fully saturated rings. The molecule has 0 spiro atoms. The molecule has 2 aliphatic heterocycles. The zero-order valence-electron chi connectivity index (χ0n) is 35.3. The maximum Gasteiger partial charge on any atom is 0.407 e. The summed E-state index contributed by atoms with van der Waals surface area (Å²) in [6, 6.07) is 21.9. The number of aromatic nitrogens is 4. The Kier molecular flexibility index (Phi) is 11.7. The third kappa shape index (κ3) is 8.16. The minimum absolute atomic E-state index is 0.110. The van der Waals surface area contributed by atoms with E-state index in [0.717, 1.165) is 70.5 Å². The number of aromatic amines is 2. The van der Waals surface area contributed by atoms with E-state index in [9.17, 15) is 19.2 Å². The molecule has 6 heterocycles. The monoisotopic (exact) mass is 884 g/mol. The minimum Gasteiger partial charge on any atom is -0.453 e. The summed E-state index contributed by atoms with van der Waals surface area (Å²) in [6.07, 6.45) is 3.73. The summed E-state index contributed by atoms with van der Waals surface area (Å²) in [4.78, 5) is 72.3. The summed E-state index contributed by atoms with van der Waals surface area (Å²) < 4.78 is 12.1. The van der Waals surface area contributed by atoms with E-state index in [1.807, 2.05) is 61.3 Å². The molecule has 2 aliphatic rings. The van der Waals surface area contributed by atoms with Crippen LogP contribution in [0.1, 0.15) is 74.9 Å². The Morgan fingerprint density at radius 1 is 0.730 bits per heavy atom. The van der Waals surface area contributed by atoms with Crippen LogP contribution in [0.4, 0.5) is 9.59 Å². The highest BCUT2D eigenvalue weighted by Crippen LogP contribution is 2.45. The number of hydrogen-bond donors (Lipinski definition) is 4. The Morgan fingerprint density at radius 3 is 2.00 bits per heavy atom. The second kappa shape index (κ2) is 17.7. The van der Waals surface area contributed by atoms with Gasteiger partial charge in [0, 0.05) is 35.0 Å². The first-order valence-electron chi connectivity index (χ1n) is 21.1. The normalized spacial score (nSPS) is 17.3. The van der Waals surface area contributed by atoms with Crippen LogP contribution in [0.15, 0.2) is 89.8 Å². The number of carbonyl (C=O) groups excluding carboxylic acids is 4. The van der Waals surface area contributed by atoms with Gasteiger partial charge in [0.1, 0.15) is 23.7 Å². The van der Waals surface area contributed by atoms with Gasteiger partial charge in [-0.3, -0.25) is 9.59 Å². The smallest absolute Gasteiger partial charge is 0.407 e. The molecule has 4 amide bonds. The van der Waals surface area contributed by atoms with Crippen LogP contribution in [0.25, 0.3) is 53.9 Å². The van der Waals surface area contributed by atoms with Gasteiger partial charge in [0.15, 0.2) is 0 Å². The molecule has 0 saturated carbocycles. The molecule has 3 aromatic carbocycles. The largest absolute Gasteiger partial charge is 0.453 e. The summed E-state index contributed by atoms with van der Waals surface area (Å²) in [6.45, 7) is 4.97. The molecule has 0 bridgehead atoms. The number of alkyl carbamates (subject to hydrolysis) is 2.